The van der Waals surface area contributed by atoms with Crippen molar-refractivity contribution >= 4 is 21.9 Å². The number of aliphatic carboxylic acids is 1. The summed E-state index contributed by atoms with van der Waals surface area (Å²) in [5, 5.41) is 8.99. The van der Waals surface area contributed by atoms with Crippen LogP contribution in [0.5, 0.6) is 5.75 Å². The van der Waals surface area contributed by atoms with E-state index in [2.05, 4.69) is 20.7 Å². The molecule has 1 fully saturated rings. The first kappa shape index (κ1) is 15.2. The fraction of sp³-hybridized carbons (Fsp3) is 0.462. The number of ether oxygens (including phenoxy) is 2. The van der Waals surface area contributed by atoms with E-state index in [0.717, 1.165) is 22.9 Å². The van der Waals surface area contributed by atoms with Gasteiger partial charge in [0.1, 0.15) is 12.4 Å². The highest BCUT2D eigenvalue weighted by Crippen LogP contribution is 2.45. The van der Waals surface area contributed by atoms with E-state index in [1.165, 1.54) is 0 Å². The van der Waals surface area contributed by atoms with Crippen LogP contribution in [0.3, 0.4) is 0 Å². The van der Waals surface area contributed by atoms with E-state index in [9.17, 15) is 13.6 Å². The molecular formula is C13H13BrF2O4. The van der Waals surface area contributed by atoms with E-state index < -0.39 is 25.3 Å². The van der Waals surface area contributed by atoms with Crippen LogP contribution in [-0.4, -0.2) is 30.4 Å². The summed E-state index contributed by atoms with van der Waals surface area (Å²) < 4.78 is 34.2. The number of hydrogen-bond acceptors (Lipinski definition) is 3. The van der Waals surface area contributed by atoms with Gasteiger partial charge in [-0.3, -0.25) is 0 Å². The normalized spacial score (nSPS) is 16.2. The van der Waals surface area contributed by atoms with Gasteiger partial charge in [0.15, 0.2) is 0 Å². The van der Waals surface area contributed by atoms with Crippen LogP contribution < -0.4 is 4.74 Å². The van der Waals surface area contributed by atoms with E-state index in [-0.39, 0.29) is 0 Å². The number of rotatable bonds is 7. The van der Waals surface area contributed by atoms with Gasteiger partial charge in [-0.2, -0.15) is 8.78 Å². The van der Waals surface area contributed by atoms with Gasteiger partial charge in [0.05, 0.1) is 0 Å². The van der Waals surface area contributed by atoms with Crippen molar-refractivity contribution in [3.63, 3.8) is 0 Å². The molecule has 1 atom stereocenters. The third-order valence-corrected chi connectivity index (χ3v) is 3.40. The maximum atomic E-state index is 12.0. The molecule has 0 saturated heterocycles. The lowest BCUT2D eigenvalue weighted by Crippen LogP contribution is -2.33. The van der Waals surface area contributed by atoms with Gasteiger partial charge in [-0.1, -0.05) is 15.9 Å². The third kappa shape index (κ3) is 4.14. The molecule has 1 aromatic rings. The lowest BCUT2D eigenvalue weighted by Gasteiger charge is -2.17. The topological polar surface area (TPSA) is 55.8 Å². The molecule has 0 radical (unpaired) electrons. The summed E-state index contributed by atoms with van der Waals surface area (Å²) in [4.78, 5) is 11.0. The zero-order chi connectivity index (χ0) is 14.7. The van der Waals surface area contributed by atoms with Crippen LogP contribution in [0.1, 0.15) is 24.3 Å². The molecule has 0 aromatic heterocycles. The van der Waals surface area contributed by atoms with Crippen LogP contribution in [0.15, 0.2) is 22.7 Å². The zero-order valence-electron chi connectivity index (χ0n) is 10.4. The lowest BCUT2D eigenvalue weighted by molar-refractivity contribution is -0.165. The molecule has 110 valence electrons. The van der Waals surface area contributed by atoms with Gasteiger partial charge in [0.25, 0.3) is 0 Å². The summed E-state index contributed by atoms with van der Waals surface area (Å²) in [6.45, 7) is -3.72. The number of carboxylic acids is 1. The molecular weight excluding hydrogens is 338 g/mol. The van der Waals surface area contributed by atoms with E-state index in [1.807, 2.05) is 6.07 Å². The molecule has 1 aromatic carbocycles. The number of alkyl halides is 2. The van der Waals surface area contributed by atoms with Crippen LogP contribution in [0, 0.1) is 0 Å². The minimum absolute atomic E-state index is 0.341. The van der Waals surface area contributed by atoms with Crippen molar-refractivity contribution < 1.29 is 28.2 Å². The minimum atomic E-state index is -3.02. The molecule has 0 heterocycles. The number of carbonyl (C=O) groups is 1. The second-order valence-electron chi connectivity index (χ2n) is 4.50. The van der Waals surface area contributed by atoms with Crippen LogP contribution in [0.2, 0.25) is 0 Å². The first-order valence-electron chi connectivity index (χ1n) is 6.06. The van der Waals surface area contributed by atoms with Gasteiger partial charge in [0, 0.05) is 4.47 Å². The smallest absolute Gasteiger partial charge is 0.347 e. The van der Waals surface area contributed by atoms with Crippen molar-refractivity contribution in [1.29, 1.82) is 0 Å². The van der Waals surface area contributed by atoms with Gasteiger partial charge in [-0.15, -0.1) is 0 Å². The van der Waals surface area contributed by atoms with E-state index >= 15 is 0 Å². The third-order valence-electron chi connectivity index (χ3n) is 2.91. The first-order valence-corrected chi connectivity index (χ1v) is 6.85. The Kier molecular flexibility index (Phi) is 4.93. The fourth-order valence-corrected chi connectivity index (χ4v) is 2.19. The highest BCUT2D eigenvalue weighted by Gasteiger charge is 2.29. The standard InChI is InChI=1S/C13H13BrF2O4/c14-8-3-4-10(9(5-8)7-1-2-7)20-11(12(17)18)6-19-13(15)16/h3-5,7,11,13H,1-2,6H2,(H,17,18). The summed E-state index contributed by atoms with van der Waals surface area (Å²) >= 11 is 3.34. The quantitative estimate of drug-likeness (QED) is 0.818. The highest BCUT2D eigenvalue weighted by atomic mass is 79.9. The second-order valence-corrected chi connectivity index (χ2v) is 5.41. The first-order chi connectivity index (χ1) is 9.47. The van der Waals surface area contributed by atoms with Crippen molar-refractivity contribution in [3.8, 4) is 5.75 Å². The van der Waals surface area contributed by atoms with Crippen molar-refractivity contribution in [2.45, 2.75) is 31.5 Å². The SMILES string of the molecule is O=C(O)C(COC(F)F)Oc1ccc(Br)cc1C1CC1. The van der Waals surface area contributed by atoms with Gasteiger partial charge in [-0.05, 0) is 42.5 Å². The molecule has 0 bridgehead atoms. The lowest BCUT2D eigenvalue weighted by atomic mass is 10.1. The molecule has 1 aliphatic rings. The average molecular weight is 351 g/mol. The van der Waals surface area contributed by atoms with Gasteiger partial charge < -0.3 is 14.6 Å². The van der Waals surface area contributed by atoms with E-state index in [4.69, 9.17) is 9.84 Å². The van der Waals surface area contributed by atoms with Crippen molar-refractivity contribution in [2.24, 2.45) is 0 Å². The molecule has 1 unspecified atom stereocenters. The predicted octanol–water partition coefficient (Wildman–Crippen LogP) is 3.40. The van der Waals surface area contributed by atoms with Crippen molar-refractivity contribution in [1.82, 2.24) is 0 Å². The Bertz CT molecular complexity index is 491. The average Bonchev–Trinajstić information content (AvgIpc) is 3.19. The van der Waals surface area contributed by atoms with Crippen molar-refractivity contribution in [3.05, 3.63) is 28.2 Å². The molecule has 2 rings (SSSR count). The Morgan fingerprint density at radius 3 is 2.70 bits per heavy atom. The number of hydrogen-bond donors (Lipinski definition) is 1. The molecule has 20 heavy (non-hydrogen) atoms. The summed E-state index contributed by atoms with van der Waals surface area (Å²) in [6, 6.07) is 5.21. The molecule has 0 amide bonds. The molecule has 4 nitrogen and oxygen atoms in total. The van der Waals surface area contributed by atoms with Crippen LogP contribution in [-0.2, 0) is 9.53 Å². The van der Waals surface area contributed by atoms with E-state index in [0.29, 0.717) is 11.7 Å². The monoisotopic (exact) mass is 350 g/mol. The van der Waals surface area contributed by atoms with Crippen LogP contribution >= 0.6 is 15.9 Å². The summed E-state index contributed by atoms with van der Waals surface area (Å²) in [5.74, 6) is -0.593. The maximum Gasteiger partial charge on any atom is 0.347 e. The number of benzene rings is 1. The maximum absolute atomic E-state index is 12.0. The Labute approximate surface area is 122 Å². The van der Waals surface area contributed by atoms with E-state index in [1.54, 1.807) is 12.1 Å². The number of carboxylic acid groups (broad SMARTS) is 1. The summed E-state index contributed by atoms with van der Waals surface area (Å²) in [5.41, 5.74) is 0.891. The Hall–Kier alpha value is -1.21. The highest BCUT2D eigenvalue weighted by molar-refractivity contribution is 9.10. The fourth-order valence-electron chi connectivity index (χ4n) is 1.81. The van der Waals surface area contributed by atoms with Gasteiger partial charge in [-0.25, -0.2) is 4.79 Å². The molecule has 0 aliphatic heterocycles. The number of halogens is 3. The second kappa shape index (κ2) is 6.49. The van der Waals surface area contributed by atoms with Gasteiger partial charge >= 0.3 is 12.6 Å². The minimum Gasteiger partial charge on any atom is -0.478 e. The Morgan fingerprint density at radius 2 is 2.15 bits per heavy atom. The largest absolute Gasteiger partial charge is 0.478 e. The molecule has 1 aliphatic carbocycles. The summed E-state index contributed by atoms with van der Waals surface area (Å²) in [7, 11) is 0. The predicted molar refractivity (Wildman–Crippen MR) is 70.1 cm³/mol. The van der Waals surface area contributed by atoms with Gasteiger partial charge in [0.2, 0.25) is 6.10 Å². The summed E-state index contributed by atoms with van der Waals surface area (Å²) in [6.07, 6.45) is 0.568. The van der Waals surface area contributed by atoms with Crippen LogP contribution in [0.4, 0.5) is 8.78 Å². The zero-order valence-corrected chi connectivity index (χ0v) is 12.0. The Balaban J connectivity index is 2.11. The molecule has 1 N–H and O–H groups in total. The van der Waals surface area contributed by atoms with Crippen LogP contribution in [0.25, 0.3) is 0 Å². The Morgan fingerprint density at radius 1 is 1.45 bits per heavy atom. The van der Waals surface area contributed by atoms with Crippen molar-refractivity contribution in [2.75, 3.05) is 6.61 Å². The molecule has 0 spiro atoms. The molecule has 7 heteroatoms. The molecule has 1 saturated carbocycles.